The predicted octanol–water partition coefficient (Wildman–Crippen LogP) is 2.86. The first-order valence-electron chi connectivity index (χ1n) is 6.13. The van der Waals surface area contributed by atoms with E-state index < -0.39 is 0 Å². The summed E-state index contributed by atoms with van der Waals surface area (Å²) in [7, 11) is 0. The molecule has 3 fully saturated rings. The van der Waals surface area contributed by atoms with Gasteiger partial charge < -0.3 is 9.47 Å². The van der Waals surface area contributed by atoms with Gasteiger partial charge in [-0.15, -0.1) is 0 Å². The van der Waals surface area contributed by atoms with E-state index in [1.807, 2.05) is 0 Å². The Kier molecular flexibility index (Phi) is 2.10. The quantitative estimate of drug-likeness (QED) is 0.593. The van der Waals surface area contributed by atoms with E-state index in [2.05, 4.69) is 6.92 Å². The van der Waals surface area contributed by atoms with Crippen LogP contribution >= 0.6 is 0 Å². The van der Waals surface area contributed by atoms with Crippen molar-refractivity contribution >= 4 is 0 Å². The van der Waals surface area contributed by atoms with Crippen LogP contribution in [0.3, 0.4) is 0 Å². The fourth-order valence-electron chi connectivity index (χ4n) is 3.35. The molecule has 14 heavy (non-hydrogen) atoms. The summed E-state index contributed by atoms with van der Waals surface area (Å²) in [4.78, 5) is 0. The van der Waals surface area contributed by atoms with E-state index in [9.17, 15) is 0 Å². The minimum atomic E-state index is -0.145. The molecule has 1 spiro atoms. The van der Waals surface area contributed by atoms with E-state index >= 15 is 0 Å². The normalized spacial score (nSPS) is 45.6. The van der Waals surface area contributed by atoms with E-state index in [1.54, 1.807) is 0 Å². The third kappa shape index (κ3) is 1.40. The Morgan fingerprint density at radius 3 is 2.07 bits per heavy atom. The first-order chi connectivity index (χ1) is 6.77. The van der Waals surface area contributed by atoms with Crippen molar-refractivity contribution in [3.63, 3.8) is 0 Å². The van der Waals surface area contributed by atoms with Gasteiger partial charge in [0.15, 0.2) is 5.79 Å². The van der Waals surface area contributed by atoms with Gasteiger partial charge in [0.2, 0.25) is 0 Å². The summed E-state index contributed by atoms with van der Waals surface area (Å²) in [6.07, 6.45) is 9.47. The number of ether oxygens (including phenoxy) is 2. The first-order valence-corrected chi connectivity index (χ1v) is 6.13. The molecule has 1 unspecified atom stereocenters. The molecule has 3 rings (SSSR count). The van der Waals surface area contributed by atoms with Crippen molar-refractivity contribution in [2.24, 2.45) is 5.92 Å². The van der Waals surface area contributed by atoms with Gasteiger partial charge in [-0.25, -0.2) is 0 Å². The molecule has 3 atom stereocenters. The van der Waals surface area contributed by atoms with E-state index in [-0.39, 0.29) is 5.79 Å². The van der Waals surface area contributed by atoms with Crippen LogP contribution in [0.1, 0.15) is 51.9 Å². The van der Waals surface area contributed by atoms with Crippen molar-refractivity contribution in [3.8, 4) is 0 Å². The van der Waals surface area contributed by atoms with Crippen molar-refractivity contribution in [1.82, 2.24) is 0 Å². The van der Waals surface area contributed by atoms with E-state index in [0.717, 1.165) is 18.8 Å². The van der Waals surface area contributed by atoms with Crippen molar-refractivity contribution in [2.75, 3.05) is 0 Å². The van der Waals surface area contributed by atoms with Crippen molar-refractivity contribution in [3.05, 3.63) is 0 Å². The van der Waals surface area contributed by atoms with Crippen LogP contribution in [0, 0.1) is 5.92 Å². The molecule has 0 aromatic rings. The molecule has 2 nitrogen and oxygen atoms in total. The molecule has 1 heterocycles. The smallest absolute Gasteiger partial charge is 0.169 e. The highest BCUT2D eigenvalue weighted by Gasteiger charge is 2.50. The third-order valence-electron chi connectivity index (χ3n) is 4.03. The molecule has 0 N–H and O–H groups in total. The first kappa shape index (κ1) is 9.17. The van der Waals surface area contributed by atoms with Crippen LogP contribution in [-0.2, 0) is 9.47 Å². The van der Waals surface area contributed by atoms with Gasteiger partial charge in [-0.05, 0) is 31.6 Å². The van der Waals surface area contributed by atoms with Gasteiger partial charge in [0.1, 0.15) is 0 Å². The Labute approximate surface area is 86.0 Å². The van der Waals surface area contributed by atoms with Gasteiger partial charge in [0.25, 0.3) is 0 Å². The number of hydrogen-bond acceptors (Lipinski definition) is 2. The molecule has 1 aliphatic heterocycles. The highest BCUT2D eigenvalue weighted by Crippen LogP contribution is 2.46. The lowest BCUT2D eigenvalue weighted by atomic mass is 9.94. The summed E-state index contributed by atoms with van der Waals surface area (Å²) in [6.45, 7) is 2.30. The van der Waals surface area contributed by atoms with Crippen molar-refractivity contribution in [2.45, 2.75) is 69.9 Å². The molecule has 3 aliphatic rings. The average molecular weight is 196 g/mol. The van der Waals surface area contributed by atoms with Crippen LogP contribution in [0.4, 0.5) is 0 Å². The van der Waals surface area contributed by atoms with Crippen molar-refractivity contribution < 1.29 is 9.47 Å². The van der Waals surface area contributed by atoms with Gasteiger partial charge in [0, 0.05) is 12.8 Å². The Morgan fingerprint density at radius 2 is 1.50 bits per heavy atom. The second-order valence-electron chi connectivity index (χ2n) is 5.36. The summed E-state index contributed by atoms with van der Waals surface area (Å²) in [5, 5.41) is 0. The number of rotatable bonds is 0. The number of hydrogen-bond donors (Lipinski definition) is 0. The van der Waals surface area contributed by atoms with Gasteiger partial charge in [-0.3, -0.25) is 0 Å². The Balaban J connectivity index is 1.70. The average Bonchev–Trinajstić information content (AvgIpc) is 2.60. The Bertz CT molecular complexity index is 204. The summed E-state index contributed by atoms with van der Waals surface area (Å²) >= 11 is 0. The zero-order valence-corrected chi connectivity index (χ0v) is 9.00. The standard InChI is InChI=1S/C12H20O2/c1-9-7-10-11(8-9)14-12(13-10)5-3-2-4-6-12/h9-11H,2-8H2,1H3/t9?,10-,11+. The zero-order valence-electron chi connectivity index (χ0n) is 9.00. The largest absolute Gasteiger partial charge is 0.344 e. The second-order valence-corrected chi connectivity index (χ2v) is 5.36. The van der Waals surface area contributed by atoms with Crippen LogP contribution in [0.2, 0.25) is 0 Å². The van der Waals surface area contributed by atoms with Crippen LogP contribution in [-0.4, -0.2) is 18.0 Å². The zero-order chi connectivity index (χ0) is 9.60. The lowest BCUT2D eigenvalue weighted by molar-refractivity contribution is -0.199. The SMILES string of the molecule is CC1C[C@@H]2OC3(CCCCC3)O[C@@H]2C1. The summed E-state index contributed by atoms with van der Waals surface area (Å²) in [5.74, 6) is 0.652. The van der Waals surface area contributed by atoms with Crippen LogP contribution in [0.15, 0.2) is 0 Å². The molecule has 2 saturated carbocycles. The van der Waals surface area contributed by atoms with E-state index in [1.165, 1.54) is 32.1 Å². The maximum atomic E-state index is 6.16. The van der Waals surface area contributed by atoms with Gasteiger partial charge >= 0.3 is 0 Å². The second kappa shape index (κ2) is 3.21. The fourth-order valence-corrected chi connectivity index (χ4v) is 3.35. The molecular formula is C12H20O2. The molecule has 80 valence electrons. The lowest BCUT2D eigenvalue weighted by Gasteiger charge is -2.32. The maximum Gasteiger partial charge on any atom is 0.169 e. The summed E-state index contributed by atoms with van der Waals surface area (Å²) in [6, 6.07) is 0. The molecule has 2 heteroatoms. The monoisotopic (exact) mass is 196 g/mol. The predicted molar refractivity (Wildman–Crippen MR) is 54.0 cm³/mol. The number of fused-ring (bicyclic) bond motifs is 1. The summed E-state index contributed by atoms with van der Waals surface area (Å²) < 4.78 is 12.3. The molecule has 2 aliphatic carbocycles. The molecule has 0 aromatic heterocycles. The van der Waals surface area contributed by atoms with Crippen LogP contribution in [0.25, 0.3) is 0 Å². The highest BCUT2D eigenvalue weighted by molar-refractivity contribution is 4.93. The maximum absolute atomic E-state index is 6.16. The van der Waals surface area contributed by atoms with Crippen LogP contribution in [0.5, 0.6) is 0 Å². The molecule has 0 amide bonds. The topological polar surface area (TPSA) is 18.5 Å². The molecule has 0 aromatic carbocycles. The molecular weight excluding hydrogens is 176 g/mol. The molecule has 0 bridgehead atoms. The van der Waals surface area contributed by atoms with Gasteiger partial charge in [-0.2, -0.15) is 0 Å². The Hall–Kier alpha value is -0.0800. The Morgan fingerprint density at radius 1 is 0.929 bits per heavy atom. The minimum Gasteiger partial charge on any atom is -0.344 e. The van der Waals surface area contributed by atoms with Gasteiger partial charge in [-0.1, -0.05) is 13.3 Å². The minimum absolute atomic E-state index is 0.145. The van der Waals surface area contributed by atoms with Crippen LogP contribution < -0.4 is 0 Å². The van der Waals surface area contributed by atoms with E-state index in [0.29, 0.717) is 12.2 Å². The third-order valence-corrected chi connectivity index (χ3v) is 4.03. The molecule has 1 saturated heterocycles. The van der Waals surface area contributed by atoms with Gasteiger partial charge in [0.05, 0.1) is 12.2 Å². The fraction of sp³-hybridized carbons (Fsp3) is 1.00. The lowest BCUT2D eigenvalue weighted by Crippen LogP contribution is -2.34. The highest BCUT2D eigenvalue weighted by atomic mass is 16.8. The van der Waals surface area contributed by atoms with E-state index in [4.69, 9.17) is 9.47 Å². The summed E-state index contributed by atoms with van der Waals surface area (Å²) in [5.41, 5.74) is 0. The van der Waals surface area contributed by atoms with Crippen molar-refractivity contribution in [1.29, 1.82) is 0 Å². The molecule has 0 radical (unpaired) electrons.